The summed E-state index contributed by atoms with van der Waals surface area (Å²) in [4.78, 5) is 13.6. The van der Waals surface area contributed by atoms with Crippen LogP contribution in [0.4, 0.5) is 4.39 Å². The van der Waals surface area contributed by atoms with Crippen molar-refractivity contribution in [3.63, 3.8) is 0 Å². The molecule has 1 amide bonds. The fraction of sp³-hybridized carbons (Fsp3) is 0.611. The maximum atomic E-state index is 13.0. The van der Waals surface area contributed by atoms with Crippen molar-refractivity contribution >= 4 is 15.9 Å². The molecule has 1 atom stereocenters. The van der Waals surface area contributed by atoms with Gasteiger partial charge in [-0.05, 0) is 44.0 Å². The molecule has 1 aromatic carbocycles. The molecule has 6 nitrogen and oxygen atoms in total. The number of carbonyl (C=O) groups excluding carboxylic acids is 1. The molecule has 2 fully saturated rings. The molecule has 144 valence electrons. The summed E-state index contributed by atoms with van der Waals surface area (Å²) in [6.45, 7) is 3.79. The van der Waals surface area contributed by atoms with Crippen LogP contribution in [0.15, 0.2) is 29.2 Å². The number of hydrogen-bond donors (Lipinski definition) is 2. The molecule has 3 rings (SSSR count). The van der Waals surface area contributed by atoms with E-state index in [1.807, 2.05) is 6.92 Å². The van der Waals surface area contributed by atoms with Crippen LogP contribution in [0.25, 0.3) is 0 Å². The van der Waals surface area contributed by atoms with Gasteiger partial charge in [0.2, 0.25) is 10.0 Å². The number of hydrogen-bond acceptors (Lipinski definition) is 3. The average Bonchev–Trinajstić information content (AvgIpc) is 3.14. The van der Waals surface area contributed by atoms with Crippen molar-refractivity contribution in [3.05, 3.63) is 30.1 Å². The quantitative estimate of drug-likeness (QED) is 0.760. The summed E-state index contributed by atoms with van der Waals surface area (Å²) in [5, 5.41) is 3.12. The highest BCUT2D eigenvalue weighted by molar-refractivity contribution is 7.89. The molecular formula is C18H27FN3O3S+. The van der Waals surface area contributed by atoms with Gasteiger partial charge in [0.1, 0.15) is 5.82 Å². The number of sulfonamides is 1. The number of rotatable bonds is 5. The van der Waals surface area contributed by atoms with Crippen LogP contribution in [0.1, 0.15) is 32.6 Å². The Morgan fingerprint density at radius 2 is 1.77 bits per heavy atom. The number of piperazine rings is 1. The molecule has 1 saturated heterocycles. The van der Waals surface area contributed by atoms with Gasteiger partial charge in [-0.3, -0.25) is 4.79 Å². The van der Waals surface area contributed by atoms with Crippen LogP contribution in [-0.4, -0.2) is 56.9 Å². The predicted octanol–water partition coefficient (Wildman–Crippen LogP) is 0.162. The summed E-state index contributed by atoms with van der Waals surface area (Å²) in [7, 11) is -3.61. The molecule has 1 heterocycles. The van der Waals surface area contributed by atoms with Crippen LogP contribution >= 0.6 is 0 Å². The SMILES string of the molecule is C[C@H](C(=O)NC1CCCC1)[NH+]1CCN(S(=O)(=O)c2ccc(F)cc2)CC1. The van der Waals surface area contributed by atoms with Crippen molar-refractivity contribution in [2.45, 2.75) is 49.6 Å². The lowest BCUT2D eigenvalue weighted by atomic mass is 10.2. The van der Waals surface area contributed by atoms with Gasteiger partial charge in [0.25, 0.3) is 5.91 Å². The van der Waals surface area contributed by atoms with Gasteiger partial charge in [-0.2, -0.15) is 4.31 Å². The summed E-state index contributed by atoms with van der Waals surface area (Å²) in [5.41, 5.74) is 0. The normalized spacial score (nSPS) is 21.6. The molecule has 2 N–H and O–H groups in total. The zero-order chi connectivity index (χ0) is 18.7. The van der Waals surface area contributed by atoms with Crippen molar-refractivity contribution in [2.24, 2.45) is 0 Å². The van der Waals surface area contributed by atoms with Crippen molar-refractivity contribution in [3.8, 4) is 0 Å². The van der Waals surface area contributed by atoms with E-state index >= 15 is 0 Å². The molecule has 8 heteroatoms. The third kappa shape index (κ3) is 4.24. The minimum atomic E-state index is -3.61. The third-order valence-electron chi connectivity index (χ3n) is 5.52. The highest BCUT2D eigenvalue weighted by Crippen LogP contribution is 2.18. The van der Waals surface area contributed by atoms with E-state index < -0.39 is 15.8 Å². The van der Waals surface area contributed by atoms with Crippen LogP contribution in [-0.2, 0) is 14.8 Å². The second-order valence-corrected chi connectivity index (χ2v) is 9.17. The minimum absolute atomic E-state index is 0.0572. The Morgan fingerprint density at radius 1 is 1.19 bits per heavy atom. The van der Waals surface area contributed by atoms with Gasteiger partial charge in [-0.25, -0.2) is 12.8 Å². The zero-order valence-corrected chi connectivity index (χ0v) is 15.9. The average molecular weight is 384 g/mol. The molecule has 26 heavy (non-hydrogen) atoms. The van der Waals surface area contributed by atoms with Crippen LogP contribution < -0.4 is 10.2 Å². The van der Waals surface area contributed by atoms with E-state index in [9.17, 15) is 17.6 Å². The second kappa shape index (κ2) is 8.02. The van der Waals surface area contributed by atoms with Crippen molar-refractivity contribution in [1.29, 1.82) is 0 Å². The second-order valence-electron chi connectivity index (χ2n) is 7.23. The Balaban J connectivity index is 1.56. The lowest BCUT2D eigenvalue weighted by molar-refractivity contribution is -0.917. The minimum Gasteiger partial charge on any atom is -0.348 e. The Morgan fingerprint density at radius 3 is 2.35 bits per heavy atom. The summed E-state index contributed by atoms with van der Waals surface area (Å²) in [6.07, 6.45) is 4.45. The summed E-state index contributed by atoms with van der Waals surface area (Å²) >= 11 is 0. The van der Waals surface area contributed by atoms with Gasteiger partial charge < -0.3 is 10.2 Å². The molecule has 0 spiro atoms. The molecular weight excluding hydrogens is 357 g/mol. The Hall–Kier alpha value is -1.51. The standard InChI is InChI=1S/C18H26FN3O3S/c1-14(18(23)20-16-4-2-3-5-16)21-10-12-22(13-11-21)26(24,25)17-8-6-15(19)7-9-17/h6-9,14,16H,2-5,10-13H2,1H3,(H,20,23)/p+1/t14-/m1/s1. The molecule has 0 unspecified atom stereocenters. The smallest absolute Gasteiger partial charge is 0.278 e. The van der Waals surface area contributed by atoms with Gasteiger partial charge >= 0.3 is 0 Å². The van der Waals surface area contributed by atoms with Gasteiger partial charge in [-0.15, -0.1) is 0 Å². The molecule has 0 bridgehead atoms. The molecule has 1 aromatic rings. The van der Waals surface area contributed by atoms with Gasteiger partial charge in [0.05, 0.1) is 31.1 Å². The van der Waals surface area contributed by atoms with E-state index in [1.165, 1.54) is 29.3 Å². The number of halogens is 1. The first-order valence-corrected chi connectivity index (χ1v) is 10.7. The van der Waals surface area contributed by atoms with E-state index in [0.717, 1.165) is 29.9 Å². The number of nitrogens with one attached hydrogen (secondary N) is 2. The number of nitrogens with zero attached hydrogens (tertiary/aromatic N) is 1. The number of carbonyl (C=O) groups is 1. The highest BCUT2D eigenvalue weighted by Gasteiger charge is 2.35. The van der Waals surface area contributed by atoms with Gasteiger partial charge in [-0.1, -0.05) is 12.8 Å². The zero-order valence-electron chi connectivity index (χ0n) is 15.1. The molecule has 0 aromatic heterocycles. The monoisotopic (exact) mass is 384 g/mol. The van der Waals surface area contributed by atoms with E-state index in [2.05, 4.69) is 5.32 Å². The van der Waals surface area contributed by atoms with E-state index in [-0.39, 0.29) is 16.8 Å². The van der Waals surface area contributed by atoms with Crippen molar-refractivity contribution < 1.29 is 22.5 Å². The van der Waals surface area contributed by atoms with Crippen LogP contribution in [0, 0.1) is 5.82 Å². The molecule has 1 saturated carbocycles. The lowest BCUT2D eigenvalue weighted by Gasteiger charge is -2.34. The Kier molecular flexibility index (Phi) is 5.94. The summed E-state index contributed by atoms with van der Waals surface area (Å²) in [6, 6.07) is 5.01. The highest BCUT2D eigenvalue weighted by atomic mass is 32.2. The first kappa shape index (κ1) is 19.3. The maximum absolute atomic E-state index is 13.0. The third-order valence-corrected chi connectivity index (χ3v) is 7.44. The number of benzene rings is 1. The molecule has 1 aliphatic carbocycles. The van der Waals surface area contributed by atoms with Gasteiger partial charge in [0.15, 0.2) is 6.04 Å². The van der Waals surface area contributed by atoms with Crippen molar-refractivity contribution in [1.82, 2.24) is 9.62 Å². The van der Waals surface area contributed by atoms with E-state index in [4.69, 9.17) is 0 Å². The largest absolute Gasteiger partial charge is 0.348 e. The first-order chi connectivity index (χ1) is 12.4. The maximum Gasteiger partial charge on any atom is 0.278 e. The van der Waals surface area contributed by atoms with Crippen LogP contribution in [0.2, 0.25) is 0 Å². The van der Waals surface area contributed by atoms with Crippen LogP contribution in [0.5, 0.6) is 0 Å². The predicted molar refractivity (Wildman–Crippen MR) is 95.7 cm³/mol. The van der Waals surface area contributed by atoms with Gasteiger partial charge in [0, 0.05) is 6.04 Å². The van der Waals surface area contributed by atoms with Crippen molar-refractivity contribution in [2.75, 3.05) is 26.2 Å². The lowest BCUT2D eigenvalue weighted by Crippen LogP contribution is -3.19. The van der Waals surface area contributed by atoms with E-state index in [0.29, 0.717) is 32.2 Å². The fourth-order valence-corrected chi connectivity index (χ4v) is 5.23. The van der Waals surface area contributed by atoms with Crippen LogP contribution in [0.3, 0.4) is 0 Å². The molecule has 2 aliphatic rings. The number of quaternary nitrogens is 1. The summed E-state index contributed by atoms with van der Waals surface area (Å²) < 4.78 is 39.8. The Bertz CT molecular complexity index is 725. The summed E-state index contributed by atoms with van der Waals surface area (Å²) in [5.74, 6) is -0.401. The fourth-order valence-electron chi connectivity index (χ4n) is 3.78. The first-order valence-electron chi connectivity index (χ1n) is 9.28. The van der Waals surface area contributed by atoms with E-state index in [1.54, 1.807) is 0 Å². The molecule has 1 aliphatic heterocycles. The number of amides is 1. The Labute approximate surface area is 154 Å². The molecule has 0 radical (unpaired) electrons. The topological polar surface area (TPSA) is 70.9 Å².